The van der Waals surface area contributed by atoms with Crippen molar-refractivity contribution in [1.29, 1.82) is 0 Å². The minimum atomic E-state index is -0.0597. The van der Waals surface area contributed by atoms with E-state index in [1.54, 1.807) is 0 Å². The van der Waals surface area contributed by atoms with Crippen molar-refractivity contribution in [3.63, 3.8) is 0 Å². The Labute approximate surface area is 146 Å². The van der Waals surface area contributed by atoms with Crippen molar-refractivity contribution >= 4 is 5.78 Å². The van der Waals surface area contributed by atoms with Gasteiger partial charge in [-0.3, -0.25) is 4.79 Å². The van der Waals surface area contributed by atoms with Crippen molar-refractivity contribution in [1.82, 2.24) is 0 Å². The van der Waals surface area contributed by atoms with Gasteiger partial charge in [0.1, 0.15) is 0 Å². The molecule has 8 atom stereocenters. The summed E-state index contributed by atoms with van der Waals surface area (Å²) in [6.45, 7) is 2.54. The maximum atomic E-state index is 13.0. The van der Waals surface area contributed by atoms with Crippen molar-refractivity contribution in [2.24, 2.45) is 40.4 Å². The van der Waals surface area contributed by atoms with Gasteiger partial charge in [-0.15, -0.1) is 0 Å². The second kappa shape index (κ2) is 5.19. The molecule has 5 aliphatic rings. The lowest BCUT2D eigenvalue weighted by Crippen LogP contribution is -2.56. The molecule has 0 aromatic rings. The first-order valence-electron chi connectivity index (χ1n) is 10.4. The van der Waals surface area contributed by atoms with Gasteiger partial charge in [0, 0.05) is 5.41 Å². The van der Waals surface area contributed by atoms with Crippen LogP contribution in [0, 0.1) is 40.4 Å². The highest BCUT2D eigenvalue weighted by molar-refractivity contribution is 5.96. The summed E-state index contributed by atoms with van der Waals surface area (Å²) < 4.78 is 0. The molecule has 0 heterocycles. The molecule has 5 aliphatic carbocycles. The third-order valence-electron chi connectivity index (χ3n) is 9.47. The fourth-order valence-electron chi connectivity index (χ4n) is 8.35. The van der Waals surface area contributed by atoms with Gasteiger partial charge < -0.3 is 5.11 Å². The van der Waals surface area contributed by atoms with Crippen LogP contribution in [0.2, 0.25) is 0 Å². The molecule has 0 bridgehead atoms. The van der Waals surface area contributed by atoms with Crippen molar-refractivity contribution in [2.75, 3.05) is 0 Å². The van der Waals surface area contributed by atoms with Crippen LogP contribution in [-0.2, 0) is 4.79 Å². The van der Waals surface area contributed by atoms with E-state index in [-0.39, 0.29) is 11.5 Å². The van der Waals surface area contributed by atoms with Crippen LogP contribution in [0.25, 0.3) is 0 Å². The summed E-state index contributed by atoms with van der Waals surface area (Å²) >= 11 is 0. The van der Waals surface area contributed by atoms with E-state index in [1.165, 1.54) is 38.5 Å². The lowest BCUT2D eigenvalue weighted by atomic mass is 9.43. The van der Waals surface area contributed by atoms with E-state index in [1.807, 2.05) is 6.08 Å². The highest BCUT2D eigenvalue weighted by atomic mass is 16.3. The molecule has 2 heteroatoms. The summed E-state index contributed by atoms with van der Waals surface area (Å²) in [4.78, 5) is 13.0. The second-order valence-electron chi connectivity index (χ2n) is 9.94. The van der Waals surface area contributed by atoms with Crippen molar-refractivity contribution in [2.45, 2.75) is 77.2 Å². The standard InChI is InChI=1S/C22H32O2/c1-21-11-9-16(23)13-15(21)5-7-17-18(21)10-12-22-14(6-8-19(17)22)3-2-4-20(22)24/h2,4,14-19,23H,3,5-13H2,1H3/t14?,15-,16+,17?,18?,19?,21-,22?/m0/s1. The van der Waals surface area contributed by atoms with E-state index in [0.29, 0.717) is 23.0 Å². The lowest BCUT2D eigenvalue weighted by molar-refractivity contribution is -0.152. The molecule has 0 aliphatic heterocycles. The lowest BCUT2D eigenvalue weighted by Gasteiger charge is -2.61. The van der Waals surface area contributed by atoms with Crippen LogP contribution >= 0.6 is 0 Å². The molecule has 0 aromatic carbocycles. The van der Waals surface area contributed by atoms with Crippen LogP contribution in [0.1, 0.15) is 71.1 Å². The average molecular weight is 328 g/mol. The van der Waals surface area contributed by atoms with Crippen LogP contribution in [0.15, 0.2) is 12.2 Å². The molecule has 0 radical (unpaired) electrons. The molecule has 24 heavy (non-hydrogen) atoms. The number of allylic oxidation sites excluding steroid dienone is 2. The topological polar surface area (TPSA) is 37.3 Å². The number of hydrogen-bond acceptors (Lipinski definition) is 2. The van der Waals surface area contributed by atoms with Gasteiger partial charge in [-0.25, -0.2) is 0 Å². The van der Waals surface area contributed by atoms with E-state index >= 15 is 0 Å². The molecule has 0 saturated heterocycles. The summed E-state index contributed by atoms with van der Waals surface area (Å²) in [6.07, 6.45) is 16.0. The van der Waals surface area contributed by atoms with E-state index in [9.17, 15) is 9.90 Å². The van der Waals surface area contributed by atoms with E-state index < -0.39 is 0 Å². The molecule has 5 unspecified atom stereocenters. The minimum absolute atomic E-state index is 0.0211. The summed E-state index contributed by atoms with van der Waals surface area (Å²) in [5.41, 5.74) is 0.447. The van der Waals surface area contributed by atoms with Crippen LogP contribution < -0.4 is 0 Å². The van der Waals surface area contributed by atoms with Crippen molar-refractivity contribution in [3.8, 4) is 0 Å². The third-order valence-corrected chi connectivity index (χ3v) is 9.47. The van der Waals surface area contributed by atoms with Crippen LogP contribution in [0.3, 0.4) is 0 Å². The summed E-state index contributed by atoms with van der Waals surface area (Å²) in [6, 6.07) is 0. The van der Waals surface area contributed by atoms with Crippen LogP contribution in [-0.4, -0.2) is 17.0 Å². The first-order chi connectivity index (χ1) is 11.6. The Kier molecular flexibility index (Phi) is 3.38. The van der Waals surface area contributed by atoms with Crippen molar-refractivity contribution < 1.29 is 9.90 Å². The quantitative estimate of drug-likeness (QED) is 0.710. The fraction of sp³-hybridized carbons (Fsp3) is 0.864. The van der Waals surface area contributed by atoms with E-state index in [2.05, 4.69) is 13.0 Å². The first-order valence-corrected chi connectivity index (χ1v) is 10.4. The van der Waals surface area contributed by atoms with E-state index in [0.717, 1.165) is 43.4 Å². The van der Waals surface area contributed by atoms with Gasteiger partial charge in [0.2, 0.25) is 0 Å². The SMILES string of the molecule is C[C@]12CC[C@@H](O)C[C@@H]1CCC1C3CCC4CC=CC(=O)C43CCC12. The smallest absolute Gasteiger partial charge is 0.162 e. The molecule has 132 valence electrons. The zero-order valence-corrected chi connectivity index (χ0v) is 15.0. The molecule has 2 nitrogen and oxygen atoms in total. The maximum Gasteiger partial charge on any atom is 0.162 e. The number of carbonyl (C=O) groups is 1. The maximum absolute atomic E-state index is 13.0. The van der Waals surface area contributed by atoms with Gasteiger partial charge >= 0.3 is 0 Å². The highest BCUT2D eigenvalue weighted by Crippen LogP contribution is 2.68. The minimum Gasteiger partial charge on any atom is -0.393 e. The number of rotatable bonds is 0. The Balaban J connectivity index is 1.49. The number of fused-ring (bicyclic) bond motifs is 4. The average Bonchev–Trinajstić information content (AvgIpc) is 2.97. The van der Waals surface area contributed by atoms with Gasteiger partial charge in [-0.1, -0.05) is 13.0 Å². The predicted molar refractivity (Wildman–Crippen MR) is 94.3 cm³/mol. The Morgan fingerprint density at radius 3 is 2.71 bits per heavy atom. The Morgan fingerprint density at radius 1 is 1.00 bits per heavy atom. The normalized spacial score (nSPS) is 56.2. The molecule has 0 aromatic heterocycles. The first kappa shape index (κ1) is 15.6. The molecule has 4 fully saturated rings. The van der Waals surface area contributed by atoms with E-state index in [4.69, 9.17) is 0 Å². The summed E-state index contributed by atoms with van der Waals surface area (Å²) in [7, 11) is 0. The zero-order chi connectivity index (χ0) is 16.5. The van der Waals surface area contributed by atoms with Gasteiger partial charge in [0.05, 0.1) is 6.10 Å². The molecule has 0 amide bonds. The molecular formula is C22H32O2. The largest absolute Gasteiger partial charge is 0.393 e. The fourth-order valence-corrected chi connectivity index (χ4v) is 8.35. The van der Waals surface area contributed by atoms with Crippen LogP contribution in [0.4, 0.5) is 0 Å². The Hall–Kier alpha value is -0.630. The Morgan fingerprint density at radius 2 is 1.83 bits per heavy atom. The number of hydrogen-bond donors (Lipinski definition) is 1. The summed E-state index contributed by atoms with van der Waals surface area (Å²) in [5, 5.41) is 10.1. The molecular weight excluding hydrogens is 296 g/mol. The molecule has 1 N–H and O–H groups in total. The van der Waals surface area contributed by atoms with Crippen molar-refractivity contribution in [3.05, 3.63) is 12.2 Å². The molecule has 5 rings (SSSR count). The second-order valence-corrected chi connectivity index (χ2v) is 9.94. The number of carbonyl (C=O) groups excluding carboxylic acids is 1. The summed E-state index contributed by atoms with van der Waals surface area (Å²) in [5.74, 6) is 4.07. The van der Waals surface area contributed by atoms with Gasteiger partial charge in [0.15, 0.2) is 5.78 Å². The monoisotopic (exact) mass is 328 g/mol. The zero-order valence-electron chi connectivity index (χ0n) is 15.0. The number of aliphatic hydroxyl groups excluding tert-OH is 1. The number of ketones is 1. The van der Waals surface area contributed by atoms with Gasteiger partial charge in [0.25, 0.3) is 0 Å². The van der Waals surface area contributed by atoms with Gasteiger partial charge in [-0.2, -0.15) is 0 Å². The highest BCUT2D eigenvalue weighted by Gasteiger charge is 2.63. The predicted octanol–water partition coefficient (Wildman–Crippen LogP) is 4.52. The third kappa shape index (κ3) is 1.84. The van der Waals surface area contributed by atoms with Crippen LogP contribution in [0.5, 0.6) is 0 Å². The number of aliphatic hydroxyl groups is 1. The van der Waals surface area contributed by atoms with Gasteiger partial charge in [-0.05, 0) is 105 Å². The Bertz CT molecular complexity index is 581. The molecule has 4 saturated carbocycles. The molecule has 1 spiro atoms.